The Balaban J connectivity index is 1.87. The number of likely N-dealkylation sites (N-methyl/N-ethyl adjacent to an activating group) is 1. The first-order valence-corrected chi connectivity index (χ1v) is 13.6. The summed E-state index contributed by atoms with van der Waals surface area (Å²) in [5, 5.41) is 5.26. The van der Waals surface area contributed by atoms with E-state index in [-0.39, 0.29) is 23.4 Å². The molecule has 36 heavy (non-hydrogen) atoms. The van der Waals surface area contributed by atoms with E-state index in [2.05, 4.69) is 5.32 Å². The second-order valence-corrected chi connectivity index (χ2v) is 11.8. The van der Waals surface area contributed by atoms with Crippen LogP contribution in [0.1, 0.15) is 26.3 Å². The lowest BCUT2D eigenvalue weighted by molar-refractivity contribution is -0.140. The molecule has 0 heterocycles. The van der Waals surface area contributed by atoms with Gasteiger partial charge in [-0.05, 0) is 61.4 Å². The molecule has 0 saturated carbocycles. The Bertz CT molecular complexity index is 1380. The summed E-state index contributed by atoms with van der Waals surface area (Å²) >= 11 is 12.3. The number of benzene rings is 3. The predicted octanol–water partition coefficient (Wildman–Crippen LogP) is 4.71. The van der Waals surface area contributed by atoms with Crippen molar-refractivity contribution in [2.24, 2.45) is 0 Å². The van der Waals surface area contributed by atoms with Crippen molar-refractivity contribution < 1.29 is 18.0 Å². The van der Waals surface area contributed by atoms with Crippen molar-refractivity contribution in [2.75, 3.05) is 13.6 Å². The third kappa shape index (κ3) is 6.56. The summed E-state index contributed by atoms with van der Waals surface area (Å²) in [6.07, 6.45) is 0. The summed E-state index contributed by atoms with van der Waals surface area (Å²) in [5.41, 5.74) is 0.582. The average Bonchev–Trinajstić information content (AvgIpc) is 2.82. The van der Waals surface area contributed by atoms with Crippen LogP contribution in [0.2, 0.25) is 10.0 Å². The van der Waals surface area contributed by atoms with Crippen LogP contribution in [-0.4, -0.2) is 55.1 Å². The highest BCUT2D eigenvalue weighted by atomic mass is 35.5. The third-order valence-corrected chi connectivity index (χ3v) is 8.13. The first-order chi connectivity index (χ1) is 16.9. The summed E-state index contributed by atoms with van der Waals surface area (Å²) in [4.78, 5) is 27.6. The molecule has 10 heteroatoms. The van der Waals surface area contributed by atoms with E-state index < -0.39 is 28.5 Å². The predicted molar refractivity (Wildman–Crippen MR) is 144 cm³/mol. The molecular weight excluding hydrogens is 521 g/mol. The molecule has 0 aromatic heterocycles. The molecule has 1 N–H and O–H groups in total. The van der Waals surface area contributed by atoms with E-state index in [9.17, 15) is 18.0 Å². The Morgan fingerprint density at radius 1 is 0.944 bits per heavy atom. The van der Waals surface area contributed by atoms with Crippen LogP contribution in [0.15, 0.2) is 65.6 Å². The van der Waals surface area contributed by atoms with Crippen molar-refractivity contribution in [1.82, 2.24) is 14.5 Å². The molecule has 0 bridgehead atoms. The lowest BCUT2D eigenvalue weighted by Crippen LogP contribution is -2.51. The highest BCUT2D eigenvalue weighted by molar-refractivity contribution is 7.89. The average molecular weight is 551 g/mol. The van der Waals surface area contributed by atoms with Gasteiger partial charge in [0.2, 0.25) is 21.8 Å². The van der Waals surface area contributed by atoms with E-state index in [1.165, 1.54) is 18.0 Å². The normalized spacial score (nSPS) is 12.7. The van der Waals surface area contributed by atoms with Crippen LogP contribution >= 0.6 is 23.2 Å². The Hall–Kier alpha value is -2.65. The Morgan fingerprint density at radius 3 is 2.25 bits per heavy atom. The first-order valence-electron chi connectivity index (χ1n) is 11.4. The molecular formula is C26H29Cl2N3O4S. The van der Waals surface area contributed by atoms with Gasteiger partial charge in [0.1, 0.15) is 6.04 Å². The second-order valence-electron chi connectivity index (χ2n) is 8.87. The third-order valence-electron chi connectivity index (χ3n) is 5.74. The molecule has 0 spiro atoms. The van der Waals surface area contributed by atoms with Gasteiger partial charge >= 0.3 is 0 Å². The van der Waals surface area contributed by atoms with E-state index in [0.29, 0.717) is 15.6 Å². The van der Waals surface area contributed by atoms with Gasteiger partial charge in [-0.15, -0.1) is 0 Å². The summed E-state index contributed by atoms with van der Waals surface area (Å²) in [6, 6.07) is 16.1. The van der Waals surface area contributed by atoms with Gasteiger partial charge in [-0.3, -0.25) is 9.59 Å². The van der Waals surface area contributed by atoms with E-state index in [0.717, 1.165) is 15.1 Å². The Labute approximate surface area is 222 Å². The van der Waals surface area contributed by atoms with E-state index in [4.69, 9.17) is 23.2 Å². The second kappa shape index (κ2) is 11.6. The molecule has 0 radical (unpaired) electrons. The van der Waals surface area contributed by atoms with Gasteiger partial charge in [0, 0.05) is 29.7 Å². The maximum absolute atomic E-state index is 13.4. The van der Waals surface area contributed by atoms with Crippen LogP contribution in [0, 0.1) is 0 Å². The summed E-state index contributed by atoms with van der Waals surface area (Å²) < 4.78 is 27.5. The standard InChI is InChI=1S/C26H29Cl2N3O4S/c1-17(2)29-26(33)18(3)31(15-21-9-11-22(27)14-24(21)28)25(32)16-30(4)36(34,35)23-12-10-19-7-5-6-8-20(19)13-23/h5-14,17-18H,15-16H2,1-4H3,(H,29,33)/t18-/m0/s1. The minimum atomic E-state index is -3.97. The van der Waals surface area contributed by atoms with Crippen molar-refractivity contribution in [3.05, 3.63) is 76.3 Å². The Kier molecular flexibility index (Phi) is 9.00. The molecule has 0 saturated heterocycles. The largest absolute Gasteiger partial charge is 0.352 e. The van der Waals surface area contributed by atoms with Crippen LogP contribution in [0.25, 0.3) is 10.8 Å². The van der Waals surface area contributed by atoms with Gasteiger partial charge in [0.05, 0.1) is 11.4 Å². The number of amides is 2. The highest BCUT2D eigenvalue weighted by Crippen LogP contribution is 2.24. The molecule has 192 valence electrons. The van der Waals surface area contributed by atoms with Crippen LogP contribution < -0.4 is 5.32 Å². The van der Waals surface area contributed by atoms with Gasteiger partial charge in [-0.2, -0.15) is 4.31 Å². The van der Waals surface area contributed by atoms with E-state index in [1.807, 2.05) is 38.1 Å². The topological polar surface area (TPSA) is 86.8 Å². The molecule has 0 aliphatic heterocycles. The molecule has 0 fully saturated rings. The molecule has 0 aliphatic carbocycles. The van der Waals surface area contributed by atoms with Gasteiger partial charge in [-0.1, -0.05) is 59.6 Å². The fraction of sp³-hybridized carbons (Fsp3) is 0.308. The maximum Gasteiger partial charge on any atom is 0.243 e. The van der Waals surface area contributed by atoms with Crippen molar-refractivity contribution in [3.8, 4) is 0 Å². The summed E-state index contributed by atoms with van der Waals surface area (Å²) in [7, 11) is -2.63. The number of fused-ring (bicyclic) bond motifs is 1. The molecule has 3 rings (SSSR count). The number of hydrogen-bond acceptors (Lipinski definition) is 4. The number of carbonyl (C=O) groups excluding carboxylic acids is 2. The molecule has 7 nitrogen and oxygen atoms in total. The number of halogens is 2. The molecule has 1 atom stereocenters. The lowest BCUT2D eigenvalue weighted by atomic mass is 10.1. The number of rotatable bonds is 9. The molecule has 2 amide bonds. The first kappa shape index (κ1) is 27.9. The minimum Gasteiger partial charge on any atom is -0.352 e. The summed E-state index contributed by atoms with van der Waals surface area (Å²) in [6.45, 7) is 4.77. The van der Waals surface area contributed by atoms with Crippen LogP contribution in [-0.2, 0) is 26.2 Å². The minimum absolute atomic E-state index is 0.00534. The number of hydrogen-bond donors (Lipinski definition) is 1. The van der Waals surface area contributed by atoms with Gasteiger partial charge in [-0.25, -0.2) is 8.42 Å². The number of carbonyl (C=O) groups is 2. The van der Waals surface area contributed by atoms with Crippen molar-refractivity contribution >= 4 is 55.8 Å². The van der Waals surface area contributed by atoms with Crippen molar-refractivity contribution in [3.63, 3.8) is 0 Å². The zero-order valence-corrected chi connectivity index (χ0v) is 22.9. The number of sulfonamides is 1. The van der Waals surface area contributed by atoms with E-state index >= 15 is 0 Å². The lowest BCUT2D eigenvalue weighted by Gasteiger charge is -2.31. The van der Waals surface area contributed by atoms with Gasteiger partial charge in [0.15, 0.2) is 0 Å². The quantitative estimate of drug-likeness (QED) is 0.418. The smallest absolute Gasteiger partial charge is 0.243 e. The number of nitrogens with one attached hydrogen (secondary N) is 1. The monoisotopic (exact) mass is 549 g/mol. The van der Waals surface area contributed by atoms with Gasteiger partial charge < -0.3 is 10.2 Å². The molecule has 0 aliphatic rings. The van der Waals surface area contributed by atoms with Crippen molar-refractivity contribution in [2.45, 2.75) is 44.3 Å². The SMILES string of the molecule is CC(C)NC(=O)[C@H](C)N(Cc1ccc(Cl)cc1Cl)C(=O)CN(C)S(=O)(=O)c1ccc2ccccc2c1. The van der Waals surface area contributed by atoms with Crippen molar-refractivity contribution in [1.29, 1.82) is 0 Å². The fourth-order valence-corrected chi connectivity index (χ4v) is 5.32. The summed E-state index contributed by atoms with van der Waals surface area (Å²) in [5.74, 6) is -0.900. The zero-order chi connectivity index (χ0) is 26.6. The highest BCUT2D eigenvalue weighted by Gasteiger charge is 2.31. The number of nitrogens with zero attached hydrogens (tertiary/aromatic N) is 2. The van der Waals surface area contributed by atoms with Crippen LogP contribution in [0.5, 0.6) is 0 Å². The van der Waals surface area contributed by atoms with Crippen LogP contribution in [0.4, 0.5) is 0 Å². The maximum atomic E-state index is 13.4. The zero-order valence-electron chi connectivity index (χ0n) is 20.5. The molecule has 3 aromatic rings. The Morgan fingerprint density at radius 2 is 1.61 bits per heavy atom. The van der Waals surface area contributed by atoms with Crippen LogP contribution in [0.3, 0.4) is 0 Å². The van der Waals surface area contributed by atoms with Gasteiger partial charge in [0.25, 0.3) is 0 Å². The molecule has 3 aromatic carbocycles. The fourth-order valence-electron chi connectivity index (χ4n) is 3.70. The van der Waals surface area contributed by atoms with E-state index in [1.54, 1.807) is 37.3 Å². The molecule has 0 unspecified atom stereocenters.